The Kier molecular flexibility index (Phi) is 2.67. The van der Waals surface area contributed by atoms with Gasteiger partial charge in [-0.1, -0.05) is 24.7 Å². The third kappa shape index (κ3) is 2.09. The zero-order valence-corrected chi connectivity index (χ0v) is 10.8. The molecule has 3 nitrogen and oxygen atoms in total. The molecule has 0 amide bonds. The number of aromatic nitrogens is 1. The van der Waals surface area contributed by atoms with Crippen molar-refractivity contribution in [2.75, 3.05) is 11.1 Å². The van der Waals surface area contributed by atoms with E-state index in [4.69, 9.17) is 5.73 Å². The smallest absolute Gasteiger partial charge is 0.184 e. The van der Waals surface area contributed by atoms with Crippen LogP contribution in [-0.4, -0.2) is 11.0 Å². The number of rotatable bonds is 2. The van der Waals surface area contributed by atoms with Gasteiger partial charge in [0.2, 0.25) is 0 Å². The zero-order chi connectivity index (χ0) is 11.8. The lowest BCUT2D eigenvalue weighted by molar-refractivity contribution is 0.556. The van der Waals surface area contributed by atoms with E-state index >= 15 is 0 Å². The van der Waals surface area contributed by atoms with E-state index in [1.165, 1.54) is 19.3 Å². The van der Waals surface area contributed by atoms with E-state index in [-0.39, 0.29) is 0 Å². The highest BCUT2D eigenvalue weighted by atomic mass is 32.1. The fraction of sp³-hybridized carbons (Fsp3) is 0.462. The molecular weight excluding hydrogens is 230 g/mol. The Morgan fingerprint density at radius 3 is 3.06 bits per heavy atom. The summed E-state index contributed by atoms with van der Waals surface area (Å²) in [6.07, 6.45) is 3.92. The number of thiazole rings is 1. The summed E-state index contributed by atoms with van der Waals surface area (Å²) in [6, 6.07) is 6.48. The summed E-state index contributed by atoms with van der Waals surface area (Å²) in [5.41, 5.74) is 7.62. The Morgan fingerprint density at radius 1 is 1.41 bits per heavy atom. The summed E-state index contributed by atoms with van der Waals surface area (Å²) in [6.45, 7) is 2.32. The molecule has 1 aliphatic rings. The first kappa shape index (κ1) is 10.8. The van der Waals surface area contributed by atoms with Crippen LogP contribution in [0.2, 0.25) is 0 Å². The number of anilines is 2. The molecule has 1 aromatic carbocycles. The molecule has 0 bridgehead atoms. The molecule has 1 aliphatic carbocycles. The highest BCUT2D eigenvalue weighted by Gasteiger charge is 2.23. The molecule has 2 unspecified atom stereocenters. The SMILES string of the molecule is CC1CCCC1Nc1nc2ccc(N)cc2s1. The van der Waals surface area contributed by atoms with Crippen LogP contribution in [0.4, 0.5) is 10.8 Å². The summed E-state index contributed by atoms with van der Waals surface area (Å²) >= 11 is 1.70. The summed E-state index contributed by atoms with van der Waals surface area (Å²) in [4.78, 5) is 4.60. The lowest BCUT2D eigenvalue weighted by Crippen LogP contribution is -2.21. The molecule has 4 heteroatoms. The molecule has 0 saturated heterocycles. The van der Waals surface area contributed by atoms with E-state index < -0.39 is 0 Å². The second-order valence-corrected chi connectivity index (χ2v) is 5.94. The number of nitrogen functional groups attached to an aromatic ring is 1. The van der Waals surface area contributed by atoms with Gasteiger partial charge in [0, 0.05) is 11.7 Å². The van der Waals surface area contributed by atoms with Crippen molar-refractivity contribution in [3.8, 4) is 0 Å². The molecule has 0 spiro atoms. The topological polar surface area (TPSA) is 50.9 Å². The van der Waals surface area contributed by atoms with E-state index in [0.717, 1.165) is 27.0 Å². The summed E-state index contributed by atoms with van der Waals surface area (Å²) < 4.78 is 1.16. The van der Waals surface area contributed by atoms with Crippen molar-refractivity contribution in [3.05, 3.63) is 18.2 Å². The highest BCUT2D eigenvalue weighted by molar-refractivity contribution is 7.22. The van der Waals surface area contributed by atoms with Crippen LogP contribution in [0, 0.1) is 5.92 Å². The van der Waals surface area contributed by atoms with Crippen LogP contribution in [0.3, 0.4) is 0 Å². The second-order valence-electron chi connectivity index (χ2n) is 4.91. The number of hydrogen-bond acceptors (Lipinski definition) is 4. The molecule has 17 heavy (non-hydrogen) atoms. The number of nitrogens with one attached hydrogen (secondary N) is 1. The van der Waals surface area contributed by atoms with Gasteiger partial charge in [-0.05, 0) is 37.0 Å². The third-order valence-electron chi connectivity index (χ3n) is 3.58. The van der Waals surface area contributed by atoms with Crippen molar-refractivity contribution in [2.45, 2.75) is 32.2 Å². The van der Waals surface area contributed by atoms with Crippen LogP contribution < -0.4 is 11.1 Å². The van der Waals surface area contributed by atoms with Gasteiger partial charge in [0.15, 0.2) is 5.13 Å². The van der Waals surface area contributed by atoms with Crippen LogP contribution in [0.15, 0.2) is 18.2 Å². The molecule has 3 rings (SSSR count). The van der Waals surface area contributed by atoms with Crippen LogP contribution >= 0.6 is 11.3 Å². The minimum atomic E-state index is 0.591. The van der Waals surface area contributed by atoms with Crippen molar-refractivity contribution in [3.63, 3.8) is 0 Å². The molecule has 0 radical (unpaired) electrons. The van der Waals surface area contributed by atoms with Gasteiger partial charge in [0.05, 0.1) is 10.2 Å². The minimum absolute atomic E-state index is 0.591. The predicted octanol–water partition coefficient (Wildman–Crippen LogP) is 3.48. The standard InChI is InChI=1S/C13H17N3S/c1-8-3-2-4-10(8)15-13-16-11-6-5-9(14)7-12(11)17-13/h5-8,10H,2-4,14H2,1H3,(H,15,16). The zero-order valence-electron chi connectivity index (χ0n) is 9.94. The van der Waals surface area contributed by atoms with Gasteiger partial charge in [-0.25, -0.2) is 4.98 Å². The first-order valence-electron chi connectivity index (χ1n) is 6.15. The van der Waals surface area contributed by atoms with E-state index in [2.05, 4.69) is 17.2 Å². The normalized spacial score (nSPS) is 24.3. The van der Waals surface area contributed by atoms with Gasteiger partial charge in [0.1, 0.15) is 0 Å². The van der Waals surface area contributed by atoms with Crippen molar-refractivity contribution in [1.82, 2.24) is 4.98 Å². The molecule has 3 N–H and O–H groups in total. The average molecular weight is 247 g/mol. The van der Waals surface area contributed by atoms with Crippen molar-refractivity contribution < 1.29 is 0 Å². The first-order chi connectivity index (χ1) is 8.22. The quantitative estimate of drug-likeness (QED) is 0.799. The maximum atomic E-state index is 5.78. The van der Waals surface area contributed by atoms with Crippen molar-refractivity contribution in [1.29, 1.82) is 0 Å². The van der Waals surface area contributed by atoms with Crippen molar-refractivity contribution in [2.24, 2.45) is 5.92 Å². The average Bonchev–Trinajstić information content (AvgIpc) is 2.85. The van der Waals surface area contributed by atoms with E-state index in [1.807, 2.05) is 18.2 Å². The van der Waals surface area contributed by atoms with E-state index in [0.29, 0.717) is 6.04 Å². The van der Waals surface area contributed by atoms with Crippen LogP contribution in [0.5, 0.6) is 0 Å². The molecule has 2 aromatic rings. The van der Waals surface area contributed by atoms with Crippen LogP contribution in [0.25, 0.3) is 10.2 Å². The van der Waals surface area contributed by atoms with Gasteiger partial charge in [-0.3, -0.25) is 0 Å². The minimum Gasteiger partial charge on any atom is -0.399 e. The number of hydrogen-bond donors (Lipinski definition) is 2. The maximum Gasteiger partial charge on any atom is 0.184 e. The van der Waals surface area contributed by atoms with Gasteiger partial charge in [-0.2, -0.15) is 0 Å². The Bertz CT molecular complexity index is 534. The summed E-state index contributed by atoms with van der Waals surface area (Å²) in [7, 11) is 0. The van der Waals surface area contributed by atoms with Gasteiger partial charge < -0.3 is 11.1 Å². The summed E-state index contributed by atoms with van der Waals surface area (Å²) in [5, 5.41) is 4.60. The molecule has 1 fully saturated rings. The predicted molar refractivity (Wildman–Crippen MR) is 74.5 cm³/mol. The molecule has 90 valence electrons. The van der Waals surface area contributed by atoms with Gasteiger partial charge in [-0.15, -0.1) is 0 Å². The van der Waals surface area contributed by atoms with E-state index in [1.54, 1.807) is 11.3 Å². The number of nitrogens with two attached hydrogens (primary N) is 1. The summed E-state index contributed by atoms with van der Waals surface area (Å²) in [5.74, 6) is 0.757. The molecule has 1 heterocycles. The maximum absolute atomic E-state index is 5.78. The third-order valence-corrected chi connectivity index (χ3v) is 4.53. The fourth-order valence-corrected chi connectivity index (χ4v) is 3.50. The first-order valence-corrected chi connectivity index (χ1v) is 6.96. The highest BCUT2D eigenvalue weighted by Crippen LogP contribution is 2.32. The lowest BCUT2D eigenvalue weighted by Gasteiger charge is -2.15. The van der Waals surface area contributed by atoms with Gasteiger partial charge in [0.25, 0.3) is 0 Å². The van der Waals surface area contributed by atoms with Crippen LogP contribution in [0.1, 0.15) is 26.2 Å². The van der Waals surface area contributed by atoms with Gasteiger partial charge >= 0.3 is 0 Å². The molecule has 1 saturated carbocycles. The van der Waals surface area contributed by atoms with Crippen LogP contribution in [-0.2, 0) is 0 Å². The van der Waals surface area contributed by atoms with E-state index in [9.17, 15) is 0 Å². The lowest BCUT2D eigenvalue weighted by atomic mass is 10.1. The fourth-order valence-electron chi connectivity index (χ4n) is 2.52. The molecule has 1 aromatic heterocycles. The number of nitrogens with zero attached hydrogens (tertiary/aromatic N) is 1. The number of benzene rings is 1. The second kappa shape index (κ2) is 4.18. The molecular formula is C13H17N3S. The Balaban J connectivity index is 1.85. The monoisotopic (exact) mass is 247 g/mol. The Hall–Kier alpha value is -1.29. The Labute approximate surface area is 105 Å². The molecule has 0 aliphatic heterocycles. The number of fused-ring (bicyclic) bond motifs is 1. The Morgan fingerprint density at radius 2 is 2.29 bits per heavy atom. The van der Waals surface area contributed by atoms with Crippen molar-refractivity contribution >= 4 is 32.4 Å². The molecule has 2 atom stereocenters. The largest absolute Gasteiger partial charge is 0.399 e.